The molecule has 0 aliphatic rings. The summed E-state index contributed by atoms with van der Waals surface area (Å²) in [6.45, 7) is 2.70. The summed E-state index contributed by atoms with van der Waals surface area (Å²) in [6.07, 6.45) is 3.86. The first-order valence-electron chi connectivity index (χ1n) is 7.35. The number of ether oxygens (including phenoxy) is 2. The molecule has 0 aliphatic heterocycles. The zero-order valence-electron chi connectivity index (χ0n) is 13.2. The van der Waals surface area contributed by atoms with E-state index in [-0.39, 0.29) is 12.6 Å². The number of fused-ring (bicyclic) bond motifs is 1. The number of methoxy groups -OCH3 is 1. The van der Waals surface area contributed by atoms with Crippen LogP contribution in [0.25, 0.3) is 5.65 Å². The first kappa shape index (κ1) is 15.2. The van der Waals surface area contributed by atoms with Crippen LogP contribution in [0.2, 0.25) is 0 Å². The summed E-state index contributed by atoms with van der Waals surface area (Å²) in [5, 5.41) is 0. The molecule has 0 amide bonds. The Hall–Kier alpha value is -2.66. The van der Waals surface area contributed by atoms with E-state index in [0.717, 1.165) is 22.5 Å². The summed E-state index contributed by atoms with van der Waals surface area (Å²) in [5.41, 5.74) is 4.24. The van der Waals surface area contributed by atoms with Crippen LogP contribution in [0.3, 0.4) is 0 Å². The molecule has 5 heteroatoms. The van der Waals surface area contributed by atoms with Crippen molar-refractivity contribution in [3.63, 3.8) is 0 Å². The van der Waals surface area contributed by atoms with Gasteiger partial charge >= 0.3 is 5.97 Å². The van der Waals surface area contributed by atoms with E-state index < -0.39 is 0 Å². The SMILES string of the molecule is COCc1ccc(C(=O)OCc2cn3cc(C)ccc3n2)cc1. The zero-order valence-corrected chi connectivity index (χ0v) is 13.2. The summed E-state index contributed by atoms with van der Waals surface area (Å²) >= 11 is 0. The number of esters is 1. The van der Waals surface area contributed by atoms with Crippen LogP contribution in [-0.4, -0.2) is 22.5 Å². The van der Waals surface area contributed by atoms with E-state index in [9.17, 15) is 4.79 Å². The van der Waals surface area contributed by atoms with Crippen molar-refractivity contribution in [3.05, 3.63) is 71.2 Å². The van der Waals surface area contributed by atoms with E-state index in [1.54, 1.807) is 19.2 Å². The number of nitrogens with zero attached hydrogens (tertiary/aromatic N) is 2. The maximum absolute atomic E-state index is 12.1. The highest BCUT2D eigenvalue weighted by Gasteiger charge is 2.09. The molecule has 0 unspecified atom stereocenters. The lowest BCUT2D eigenvalue weighted by atomic mass is 10.1. The van der Waals surface area contributed by atoms with Gasteiger partial charge in [-0.3, -0.25) is 0 Å². The van der Waals surface area contributed by atoms with Crippen LogP contribution < -0.4 is 0 Å². The van der Waals surface area contributed by atoms with Gasteiger partial charge in [0.1, 0.15) is 12.3 Å². The summed E-state index contributed by atoms with van der Waals surface area (Å²) in [7, 11) is 1.64. The molecule has 118 valence electrons. The molecule has 0 bridgehead atoms. The van der Waals surface area contributed by atoms with Crippen LogP contribution in [0.5, 0.6) is 0 Å². The third-order valence-corrected chi connectivity index (χ3v) is 3.50. The number of aryl methyl sites for hydroxylation is 1. The van der Waals surface area contributed by atoms with E-state index >= 15 is 0 Å². The first-order chi connectivity index (χ1) is 11.2. The quantitative estimate of drug-likeness (QED) is 0.679. The number of imidazole rings is 1. The van der Waals surface area contributed by atoms with Gasteiger partial charge in [0.2, 0.25) is 0 Å². The Morgan fingerprint density at radius 1 is 1.09 bits per heavy atom. The predicted octanol–water partition coefficient (Wildman–Crippen LogP) is 3.15. The van der Waals surface area contributed by atoms with Gasteiger partial charge in [-0.2, -0.15) is 0 Å². The van der Waals surface area contributed by atoms with Crippen molar-refractivity contribution >= 4 is 11.6 Å². The monoisotopic (exact) mass is 310 g/mol. The van der Waals surface area contributed by atoms with Crippen molar-refractivity contribution in [1.29, 1.82) is 0 Å². The van der Waals surface area contributed by atoms with Gasteiger partial charge in [0.15, 0.2) is 0 Å². The summed E-state index contributed by atoms with van der Waals surface area (Å²) in [5.74, 6) is -0.359. The Bertz CT molecular complexity index is 822. The molecule has 0 radical (unpaired) electrons. The molecule has 0 spiro atoms. The summed E-state index contributed by atoms with van der Waals surface area (Å²) < 4.78 is 12.3. The van der Waals surface area contributed by atoms with Crippen LogP contribution >= 0.6 is 0 Å². The standard InChI is InChI=1S/C18H18N2O3/c1-13-3-8-17-19-16(10-20(17)9-13)12-23-18(21)15-6-4-14(5-7-15)11-22-2/h3-10H,11-12H2,1-2H3. The molecule has 2 aromatic heterocycles. The van der Waals surface area contributed by atoms with E-state index in [4.69, 9.17) is 9.47 Å². The largest absolute Gasteiger partial charge is 0.456 e. The second-order valence-corrected chi connectivity index (χ2v) is 5.41. The number of hydrogen-bond acceptors (Lipinski definition) is 4. The fourth-order valence-corrected chi connectivity index (χ4v) is 2.35. The molecule has 0 atom stereocenters. The van der Waals surface area contributed by atoms with E-state index in [2.05, 4.69) is 4.98 Å². The molecule has 1 aromatic carbocycles. The van der Waals surface area contributed by atoms with Crippen molar-refractivity contribution in [2.45, 2.75) is 20.1 Å². The number of carbonyl (C=O) groups excluding carboxylic acids is 1. The highest BCUT2D eigenvalue weighted by Crippen LogP contribution is 2.11. The van der Waals surface area contributed by atoms with Crippen LogP contribution in [0.4, 0.5) is 0 Å². The first-order valence-corrected chi connectivity index (χ1v) is 7.35. The molecular formula is C18H18N2O3. The number of hydrogen-bond donors (Lipinski definition) is 0. The molecule has 23 heavy (non-hydrogen) atoms. The van der Waals surface area contributed by atoms with Gasteiger partial charge in [0.25, 0.3) is 0 Å². The fourth-order valence-electron chi connectivity index (χ4n) is 2.35. The van der Waals surface area contributed by atoms with Crippen molar-refractivity contribution in [1.82, 2.24) is 9.38 Å². The second-order valence-electron chi connectivity index (χ2n) is 5.41. The maximum Gasteiger partial charge on any atom is 0.338 e. The fraction of sp³-hybridized carbons (Fsp3) is 0.222. The lowest BCUT2D eigenvalue weighted by Gasteiger charge is -2.04. The maximum atomic E-state index is 12.1. The van der Waals surface area contributed by atoms with Crippen LogP contribution in [0, 0.1) is 6.92 Å². The second kappa shape index (κ2) is 6.62. The zero-order chi connectivity index (χ0) is 16.2. The van der Waals surface area contributed by atoms with Gasteiger partial charge in [-0.15, -0.1) is 0 Å². The van der Waals surface area contributed by atoms with Crippen molar-refractivity contribution < 1.29 is 14.3 Å². The lowest BCUT2D eigenvalue weighted by Crippen LogP contribution is -2.05. The van der Waals surface area contributed by atoms with Gasteiger partial charge in [-0.05, 0) is 36.2 Å². The average molecular weight is 310 g/mol. The minimum atomic E-state index is -0.359. The van der Waals surface area contributed by atoms with Crippen molar-refractivity contribution in [2.75, 3.05) is 7.11 Å². The van der Waals surface area contributed by atoms with Crippen LogP contribution in [-0.2, 0) is 22.7 Å². The lowest BCUT2D eigenvalue weighted by molar-refractivity contribution is 0.0468. The normalized spacial score (nSPS) is 10.9. The highest BCUT2D eigenvalue weighted by atomic mass is 16.5. The number of aromatic nitrogens is 2. The minimum Gasteiger partial charge on any atom is -0.456 e. The predicted molar refractivity (Wildman–Crippen MR) is 86.2 cm³/mol. The number of rotatable bonds is 5. The minimum absolute atomic E-state index is 0.152. The van der Waals surface area contributed by atoms with Crippen LogP contribution in [0.15, 0.2) is 48.8 Å². The van der Waals surface area contributed by atoms with Gasteiger partial charge in [0, 0.05) is 19.5 Å². The summed E-state index contributed by atoms with van der Waals surface area (Å²) in [6, 6.07) is 11.1. The number of benzene rings is 1. The highest BCUT2D eigenvalue weighted by molar-refractivity contribution is 5.89. The Morgan fingerprint density at radius 3 is 2.61 bits per heavy atom. The Labute approximate surface area is 134 Å². The van der Waals surface area contributed by atoms with Crippen molar-refractivity contribution in [2.24, 2.45) is 0 Å². The molecule has 0 N–H and O–H groups in total. The van der Waals surface area contributed by atoms with Gasteiger partial charge in [-0.1, -0.05) is 18.2 Å². The van der Waals surface area contributed by atoms with Gasteiger partial charge < -0.3 is 13.9 Å². The topological polar surface area (TPSA) is 52.8 Å². The Morgan fingerprint density at radius 2 is 1.87 bits per heavy atom. The molecule has 3 aromatic rings. The van der Waals surface area contributed by atoms with Crippen molar-refractivity contribution in [3.8, 4) is 0 Å². The molecule has 0 fully saturated rings. The third-order valence-electron chi connectivity index (χ3n) is 3.50. The van der Waals surface area contributed by atoms with Gasteiger partial charge in [-0.25, -0.2) is 9.78 Å². The molecule has 0 saturated heterocycles. The molecule has 2 heterocycles. The van der Waals surface area contributed by atoms with E-state index in [1.165, 1.54) is 0 Å². The molecule has 5 nitrogen and oxygen atoms in total. The van der Waals surface area contributed by atoms with Crippen LogP contribution in [0.1, 0.15) is 27.2 Å². The number of pyridine rings is 1. The Kier molecular flexibility index (Phi) is 4.39. The molecule has 0 aliphatic carbocycles. The molecule has 3 rings (SSSR count). The van der Waals surface area contributed by atoms with E-state index in [1.807, 2.05) is 48.0 Å². The number of carbonyl (C=O) groups is 1. The van der Waals surface area contributed by atoms with Gasteiger partial charge in [0.05, 0.1) is 17.9 Å². The molecular weight excluding hydrogens is 292 g/mol. The Balaban J connectivity index is 1.65. The van der Waals surface area contributed by atoms with E-state index in [0.29, 0.717) is 12.2 Å². The molecule has 0 saturated carbocycles. The summed E-state index contributed by atoms with van der Waals surface area (Å²) in [4.78, 5) is 16.5. The third kappa shape index (κ3) is 3.57. The average Bonchev–Trinajstić information content (AvgIpc) is 2.95. The smallest absolute Gasteiger partial charge is 0.338 e.